The monoisotopic (exact) mass is 386 g/mol. The largest absolute Gasteiger partial charge is 0.324 e. The topological polar surface area (TPSA) is 49.4 Å². The van der Waals surface area contributed by atoms with Gasteiger partial charge in [-0.2, -0.15) is 0 Å². The van der Waals surface area contributed by atoms with Gasteiger partial charge < -0.3 is 10.2 Å². The molecule has 1 aliphatic heterocycles. The van der Waals surface area contributed by atoms with Gasteiger partial charge in [-0.05, 0) is 35.4 Å². The fourth-order valence-corrected chi connectivity index (χ4v) is 3.50. The lowest BCUT2D eigenvalue weighted by Gasteiger charge is -2.29. The van der Waals surface area contributed by atoms with Crippen molar-refractivity contribution < 1.29 is 14.0 Å². The Hall–Kier alpha value is -3.73. The summed E-state index contributed by atoms with van der Waals surface area (Å²) in [6.07, 6.45) is 3.16. The summed E-state index contributed by atoms with van der Waals surface area (Å²) in [6, 6.07) is 22.4. The molecule has 0 radical (unpaired) electrons. The van der Waals surface area contributed by atoms with E-state index in [-0.39, 0.29) is 18.4 Å². The van der Waals surface area contributed by atoms with Crippen LogP contribution in [0.1, 0.15) is 22.7 Å². The quantitative estimate of drug-likeness (QED) is 0.678. The van der Waals surface area contributed by atoms with E-state index >= 15 is 0 Å². The van der Waals surface area contributed by atoms with E-state index in [0.29, 0.717) is 11.3 Å². The van der Waals surface area contributed by atoms with Crippen LogP contribution in [0.4, 0.5) is 10.1 Å². The summed E-state index contributed by atoms with van der Waals surface area (Å²) >= 11 is 0. The van der Waals surface area contributed by atoms with Gasteiger partial charge >= 0.3 is 0 Å². The summed E-state index contributed by atoms with van der Waals surface area (Å²) in [4.78, 5) is 27.1. The second kappa shape index (κ2) is 8.10. The molecule has 0 saturated heterocycles. The van der Waals surface area contributed by atoms with Gasteiger partial charge in [0.15, 0.2) is 0 Å². The number of amides is 2. The highest BCUT2D eigenvalue weighted by molar-refractivity contribution is 6.00. The Morgan fingerprint density at radius 1 is 1.00 bits per heavy atom. The lowest BCUT2D eigenvalue weighted by Crippen LogP contribution is -2.38. The zero-order valence-electron chi connectivity index (χ0n) is 15.6. The molecule has 144 valence electrons. The van der Waals surface area contributed by atoms with Gasteiger partial charge in [0.1, 0.15) is 12.4 Å². The van der Waals surface area contributed by atoms with Gasteiger partial charge in [0.2, 0.25) is 11.8 Å². The van der Waals surface area contributed by atoms with Crippen LogP contribution >= 0.6 is 0 Å². The summed E-state index contributed by atoms with van der Waals surface area (Å²) in [5, 5.41) is 2.78. The number of nitrogens with one attached hydrogen (secondary N) is 1. The predicted octanol–water partition coefficient (Wildman–Crippen LogP) is 4.41. The predicted molar refractivity (Wildman–Crippen MR) is 111 cm³/mol. The van der Waals surface area contributed by atoms with Crippen LogP contribution in [0.15, 0.2) is 84.9 Å². The first kappa shape index (κ1) is 18.6. The Morgan fingerprint density at radius 2 is 1.69 bits per heavy atom. The van der Waals surface area contributed by atoms with Gasteiger partial charge in [0, 0.05) is 17.3 Å². The molecule has 4 nitrogen and oxygen atoms in total. The summed E-state index contributed by atoms with van der Waals surface area (Å²) < 4.78 is 14.1. The van der Waals surface area contributed by atoms with Crippen molar-refractivity contribution >= 4 is 23.6 Å². The summed E-state index contributed by atoms with van der Waals surface area (Å²) in [7, 11) is 0. The van der Waals surface area contributed by atoms with Crippen LogP contribution in [0.2, 0.25) is 0 Å². The zero-order valence-corrected chi connectivity index (χ0v) is 15.6. The van der Waals surface area contributed by atoms with E-state index in [9.17, 15) is 14.0 Å². The molecule has 1 atom stereocenters. The highest BCUT2D eigenvalue weighted by atomic mass is 19.1. The third-order valence-electron chi connectivity index (χ3n) is 4.82. The summed E-state index contributed by atoms with van der Waals surface area (Å²) in [6.45, 7) is -0.131. The first-order chi connectivity index (χ1) is 14.1. The van der Waals surface area contributed by atoms with Gasteiger partial charge in [-0.25, -0.2) is 4.39 Å². The Kier molecular flexibility index (Phi) is 5.20. The zero-order chi connectivity index (χ0) is 20.2. The Balaban J connectivity index is 1.78. The number of hydrogen-bond acceptors (Lipinski definition) is 2. The van der Waals surface area contributed by atoms with Crippen molar-refractivity contribution in [1.29, 1.82) is 0 Å². The molecule has 1 N–H and O–H groups in total. The average Bonchev–Trinajstić information content (AvgIpc) is 2.89. The number of benzene rings is 3. The smallest absolute Gasteiger partial charge is 0.247 e. The van der Waals surface area contributed by atoms with Crippen LogP contribution in [0.25, 0.3) is 6.08 Å². The second-order valence-electron chi connectivity index (χ2n) is 6.80. The number of anilines is 1. The highest BCUT2D eigenvalue weighted by Crippen LogP contribution is 2.36. The van der Waals surface area contributed by atoms with Gasteiger partial charge in [0.05, 0.1) is 6.04 Å². The number of carbonyl (C=O) groups is 2. The van der Waals surface area contributed by atoms with E-state index in [0.717, 1.165) is 11.1 Å². The molecule has 3 aromatic rings. The minimum Gasteiger partial charge on any atom is -0.324 e. The maximum atomic E-state index is 14.1. The van der Waals surface area contributed by atoms with E-state index in [2.05, 4.69) is 5.32 Å². The molecule has 0 unspecified atom stereocenters. The fraction of sp³-hybridized carbons (Fsp3) is 0.0833. The third-order valence-corrected chi connectivity index (χ3v) is 4.82. The molecule has 1 heterocycles. The van der Waals surface area contributed by atoms with Crippen molar-refractivity contribution in [2.75, 3.05) is 11.9 Å². The van der Waals surface area contributed by atoms with Crippen LogP contribution in [0.5, 0.6) is 0 Å². The first-order valence-electron chi connectivity index (χ1n) is 9.30. The van der Waals surface area contributed by atoms with Crippen molar-refractivity contribution in [2.45, 2.75) is 6.04 Å². The lowest BCUT2D eigenvalue weighted by molar-refractivity contribution is -0.131. The molecular weight excluding hydrogens is 367 g/mol. The van der Waals surface area contributed by atoms with Gasteiger partial charge in [-0.3, -0.25) is 9.59 Å². The van der Waals surface area contributed by atoms with E-state index < -0.39 is 11.9 Å². The molecule has 0 aromatic heterocycles. The molecule has 0 fully saturated rings. The number of nitrogens with zero attached hydrogens (tertiary/aromatic N) is 1. The number of rotatable bonds is 3. The number of carbonyl (C=O) groups excluding carboxylic acids is 2. The summed E-state index contributed by atoms with van der Waals surface area (Å²) in [5.41, 5.74) is 2.73. The van der Waals surface area contributed by atoms with E-state index in [1.807, 2.05) is 60.7 Å². The number of halogens is 1. The average molecular weight is 386 g/mol. The summed E-state index contributed by atoms with van der Waals surface area (Å²) in [5.74, 6) is -1.07. The Morgan fingerprint density at radius 3 is 2.41 bits per heavy atom. The van der Waals surface area contributed by atoms with Crippen LogP contribution < -0.4 is 5.32 Å². The molecule has 29 heavy (non-hydrogen) atoms. The van der Waals surface area contributed by atoms with Gasteiger partial charge in [-0.1, -0.05) is 60.7 Å². The number of hydrogen-bond donors (Lipinski definition) is 1. The standard InChI is InChI=1S/C24H19FN2O2/c25-19-12-13-21-20(15-19)24(18-9-5-2-6-10-18)27(16-22(28)26-21)23(29)14-11-17-7-3-1-4-8-17/h1-15,24H,16H2,(H,26,28)/t24-/m1/s1. The van der Waals surface area contributed by atoms with Crippen molar-refractivity contribution in [1.82, 2.24) is 4.90 Å². The van der Waals surface area contributed by atoms with Crippen LogP contribution in [0, 0.1) is 5.82 Å². The SMILES string of the molecule is O=C1CN(C(=O)C=Cc2ccccc2)[C@H](c2ccccc2)c2cc(F)ccc2N1. The van der Waals surface area contributed by atoms with Crippen LogP contribution in [-0.4, -0.2) is 23.3 Å². The maximum Gasteiger partial charge on any atom is 0.247 e. The van der Waals surface area contributed by atoms with E-state index in [1.165, 1.54) is 29.2 Å². The normalized spacial score (nSPS) is 16.2. The molecule has 1 aliphatic rings. The first-order valence-corrected chi connectivity index (χ1v) is 9.30. The minimum absolute atomic E-state index is 0.131. The molecule has 0 bridgehead atoms. The molecule has 5 heteroatoms. The second-order valence-corrected chi connectivity index (χ2v) is 6.80. The van der Waals surface area contributed by atoms with Crippen LogP contribution in [0.3, 0.4) is 0 Å². The van der Waals surface area contributed by atoms with Crippen molar-refractivity contribution in [3.63, 3.8) is 0 Å². The molecular formula is C24H19FN2O2. The van der Waals surface area contributed by atoms with Gasteiger partial charge in [-0.15, -0.1) is 0 Å². The maximum absolute atomic E-state index is 14.1. The highest BCUT2D eigenvalue weighted by Gasteiger charge is 2.32. The Labute approximate surface area is 168 Å². The van der Waals surface area contributed by atoms with Crippen molar-refractivity contribution in [3.8, 4) is 0 Å². The molecule has 0 aliphatic carbocycles. The van der Waals surface area contributed by atoms with Crippen LogP contribution in [-0.2, 0) is 9.59 Å². The molecule has 3 aromatic carbocycles. The number of fused-ring (bicyclic) bond motifs is 1. The Bertz CT molecular complexity index is 1060. The fourth-order valence-electron chi connectivity index (χ4n) is 3.50. The third kappa shape index (κ3) is 4.09. The van der Waals surface area contributed by atoms with Gasteiger partial charge in [0.25, 0.3) is 0 Å². The van der Waals surface area contributed by atoms with E-state index in [4.69, 9.17) is 0 Å². The lowest BCUT2D eigenvalue weighted by atomic mass is 9.95. The van der Waals surface area contributed by atoms with Crippen molar-refractivity contribution in [3.05, 3.63) is 107 Å². The van der Waals surface area contributed by atoms with E-state index in [1.54, 1.807) is 6.08 Å². The molecule has 4 rings (SSSR count). The molecule has 0 spiro atoms. The molecule has 0 saturated carbocycles. The molecule has 2 amide bonds. The minimum atomic E-state index is -0.589. The van der Waals surface area contributed by atoms with Crippen molar-refractivity contribution in [2.24, 2.45) is 0 Å².